The van der Waals surface area contributed by atoms with Gasteiger partial charge in [-0.15, -0.1) is 0 Å². The van der Waals surface area contributed by atoms with E-state index in [9.17, 15) is 0 Å². The lowest BCUT2D eigenvalue weighted by Crippen LogP contribution is -1.88. The highest BCUT2D eigenvalue weighted by Crippen LogP contribution is 2.15. The monoisotopic (exact) mass is 192 g/mol. The molecule has 0 bridgehead atoms. The summed E-state index contributed by atoms with van der Waals surface area (Å²) in [7, 11) is 0. The summed E-state index contributed by atoms with van der Waals surface area (Å²) in [6.07, 6.45) is 7.07. The maximum atomic E-state index is 4.31. The third kappa shape index (κ3) is 1.70. The van der Waals surface area contributed by atoms with E-state index in [1.165, 1.54) is 11.8 Å². The lowest BCUT2D eigenvalue weighted by Gasteiger charge is -1.97. The fraction of sp³-hybridized carbons (Fsp3) is 0.125. The van der Waals surface area contributed by atoms with Crippen molar-refractivity contribution in [3.8, 4) is 11.4 Å². The van der Waals surface area contributed by atoms with E-state index in [0.717, 1.165) is 16.5 Å². The van der Waals surface area contributed by atoms with Gasteiger partial charge >= 0.3 is 0 Å². The van der Waals surface area contributed by atoms with Crippen LogP contribution in [0.25, 0.3) is 11.4 Å². The second-order valence-electron chi connectivity index (χ2n) is 2.39. The van der Waals surface area contributed by atoms with Crippen LogP contribution in [0.5, 0.6) is 0 Å². The first-order valence-electron chi connectivity index (χ1n) is 3.76. The zero-order valence-electron chi connectivity index (χ0n) is 7.06. The highest BCUT2D eigenvalue weighted by atomic mass is 32.2. The van der Waals surface area contributed by atoms with Crippen molar-refractivity contribution < 1.29 is 0 Å². The predicted molar refractivity (Wildman–Crippen MR) is 51.4 cm³/mol. The van der Waals surface area contributed by atoms with Crippen LogP contribution in [0.15, 0.2) is 29.9 Å². The molecule has 66 valence electrons. The molecule has 0 aromatic carbocycles. The van der Waals surface area contributed by atoms with Crippen molar-refractivity contribution in [3.63, 3.8) is 0 Å². The van der Waals surface area contributed by atoms with Crippen LogP contribution >= 0.6 is 11.8 Å². The molecule has 2 aromatic rings. The lowest BCUT2D eigenvalue weighted by atomic mass is 10.3. The van der Waals surface area contributed by atoms with Crippen molar-refractivity contribution in [1.82, 2.24) is 19.9 Å². The molecule has 0 saturated carbocycles. The molecule has 4 nitrogen and oxygen atoms in total. The van der Waals surface area contributed by atoms with E-state index in [2.05, 4.69) is 19.9 Å². The summed E-state index contributed by atoms with van der Waals surface area (Å²) in [5, 5.41) is 0.770. The topological polar surface area (TPSA) is 54.5 Å². The summed E-state index contributed by atoms with van der Waals surface area (Å²) in [4.78, 5) is 15.3. The number of hydrogen-bond acceptors (Lipinski definition) is 4. The third-order valence-electron chi connectivity index (χ3n) is 1.59. The molecular formula is C8H8N4S. The molecule has 0 aliphatic rings. The standard InChI is InChI=1S/C8H8N4S/c1-13-8-10-3-2-6(12-8)7-4-9-5-11-7/h2-5H,1H3,(H,9,11). The Morgan fingerprint density at radius 3 is 3.08 bits per heavy atom. The van der Waals surface area contributed by atoms with Gasteiger partial charge in [-0.25, -0.2) is 15.0 Å². The third-order valence-corrected chi connectivity index (χ3v) is 2.15. The van der Waals surface area contributed by atoms with E-state index in [-0.39, 0.29) is 0 Å². The van der Waals surface area contributed by atoms with Gasteiger partial charge in [0.05, 0.1) is 23.9 Å². The first kappa shape index (κ1) is 8.25. The Morgan fingerprint density at radius 2 is 2.38 bits per heavy atom. The number of thioether (sulfide) groups is 1. The Balaban J connectivity index is 2.41. The van der Waals surface area contributed by atoms with Crippen molar-refractivity contribution in [2.75, 3.05) is 6.26 Å². The number of nitrogens with one attached hydrogen (secondary N) is 1. The first-order valence-corrected chi connectivity index (χ1v) is 4.98. The number of nitrogens with zero attached hydrogens (tertiary/aromatic N) is 3. The van der Waals surface area contributed by atoms with Crippen LogP contribution in [-0.2, 0) is 0 Å². The Bertz CT molecular complexity index is 385. The second-order valence-corrected chi connectivity index (χ2v) is 3.17. The number of aromatic nitrogens is 4. The van der Waals surface area contributed by atoms with Crippen molar-refractivity contribution in [2.24, 2.45) is 0 Å². The minimum Gasteiger partial charge on any atom is -0.343 e. The first-order chi connectivity index (χ1) is 6.40. The van der Waals surface area contributed by atoms with Gasteiger partial charge in [-0.05, 0) is 12.3 Å². The minimum absolute atomic E-state index is 0.770. The molecule has 0 unspecified atom stereocenters. The maximum absolute atomic E-state index is 4.31. The van der Waals surface area contributed by atoms with Gasteiger partial charge in [0.1, 0.15) is 0 Å². The zero-order chi connectivity index (χ0) is 9.10. The molecular weight excluding hydrogens is 184 g/mol. The molecule has 0 amide bonds. The highest BCUT2D eigenvalue weighted by molar-refractivity contribution is 7.98. The molecule has 5 heteroatoms. The fourth-order valence-corrected chi connectivity index (χ4v) is 1.34. The molecule has 0 radical (unpaired) electrons. The van der Waals surface area contributed by atoms with Crippen LogP contribution in [-0.4, -0.2) is 26.2 Å². The van der Waals surface area contributed by atoms with Crippen LogP contribution in [0.3, 0.4) is 0 Å². The van der Waals surface area contributed by atoms with E-state index in [1.54, 1.807) is 18.7 Å². The molecule has 0 atom stereocenters. The molecule has 0 aliphatic heterocycles. The average molecular weight is 192 g/mol. The molecule has 0 saturated heterocycles. The number of rotatable bonds is 2. The molecule has 0 fully saturated rings. The van der Waals surface area contributed by atoms with Gasteiger partial charge in [0.15, 0.2) is 5.16 Å². The minimum atomic E-state index is 0.770. The van der Waals surface area contributed by atoms with Crippen molar-refractivity contribution in [3.05, 3.63) is 24.8 Å². The SMILES string of the molecule is CSc1nccc(-c2cnc[nH]2)n1. The highest BCUT2D eigenvalue weighted by Gasteiger charge is 2.01. The van der Waals surface area contributed by atoms with E-state index in [0.29, 0.717) is 0 Å². The van der Waals surface area contributed by atoms with E-state index < -0.39 is 0 Å². The Labute approximate surface area is 79.8 Å². The van der Waals surface area contributed by atoms with Gasteiger partial charge in [-0.2, -0.15) is 0 Å². The van der Waals surface area contributed by atoms with Gasteiger partial charge < -0.3 is 4.98 Å². The summed E-state index contributed by atoms with van der Waals surface area (Å²) in [5.74, 6) is 0. The van der Waals surface area contributed by atoms with Gasteiger partial charge in [-0.1, -0.05) is 11.8 Å². The Morgan fingerprint density at radius 1 is 1.46 bits per heavy atom. The fourth-order valence-electron chi connectivity index (χ4n) is 0.985. The molecule has 2 heterocycles. The predicted octanol–water partition coefficient (Wildman–Crippen LogP) is 1.59. The van der Waals surface area contributed by atoms with Crippen LogP contribution in [0.1, 0.15) is 0 Å². The van der Waals surface area contributed by atoms with Crippen LogP contribution in [0.2, 0.25) is 0 Å². The van der Waals surface area contributed by atoms with E-state index in [1.807, 2.05) is 12.3 Å². The smallest absolute Gasteiger partial charge is 0.187 e. The van der Waals surface area contributed by atoms with E-state index >= 15 is 0 Å². The van der Waals surface area contributed by atoms with Crippen molar-refractivity contribution in [2.45, 2.75) is 5.16 Å². The number of imidazole rings is 1. The average Bonchev–Trinajstić information content (AvgIpc) is 2.71. The molecule has 2 aromatic heterocycles. The maximum Gasteiger partial charge on any atom is 0.187 e. The molecule has 13 heavy (non-hydrogen) atoms. The molecule has 2 rings (SSSR count). The quantitative estimate of drug-likeness (QED) is 0.580. The molecule has 0 aliphatic carbocycles. The van der Waals surface area contributed by atoms with Gasteiger partial charge in [0.25, 0.3) is 0 Å². The van der Waals surface area contributed by atoms with Gasteiger partial charge in [0.2, 0.25) is 0 Å². The number of aromatic amines is 1. The van der Waals surface area contributed by atoms with Gasteiger partial charge in [-0.3, -0.25) is 0 Å². The molecule has 1 N–H and O–H groups in total. The summed E-state index contributed by atoms with van der Waals surface area (Å²) >= 11 is 1.52. The second kappa shape index (κ2) is 3.57. The summed E-state index contributed by atoms with van der Waals surface area (Å²) in [6, 6.07) is 1.85. The normalized spacial score (nSPS) is 10.2. The zero-order valence-corrected chi connectivity index (χ0v) is 7.88. The van der Waals surface area contributed by atoms with E-state index in [4.69, 9.17) is 0 Å². The Hall–Kier alpha value is -1.36. The molecule has 0 spiro atoms. The number of hydrogen-bond donors (Lipinski definition) is 1. The summed E-state index contributed by atoms with van der Waals surface area (Å²) in [5.41, 5.74) is 1.79. The Kier molecular flexibility index (Phi) is 2.27. The van der Waals surface area contributed by atoms with Crippen LogP contribution < -0.4 is 0 Å². The lowest BCUT2D eigenvalue weighted by molar-refractivity contribution is 0.972. The van der Waals surface area contributed by atoms with Crippen LogP contribution in [0.4, 0.5) is 0 Å². The largest absolute Gasteiger partial charge is 0.343 e. The summed E-state index contributed by atoms with van der Waals surface area (Å²) in [6.45, 7) is 0. The van der Waals surface area contributed by atoms with Gasteiger partial charge in [0, 0.05) is 6.20 Å². The summed E-state index contributed by atoms with van der Waals surface area (Å²) < 4.78 is 0. The van der Waals surface area contributed by atoms with Crippen molar-refractivity contribution in [1.29, 1.82) is 0 Å². The number of H-pyrrole nitrogens is 1. The van der Waals surface area contributed by atoms with Crippen molar-refractivity contribution >= 4 is 11.8 Å². The van der Waals surface area contributed by atoms with Crippen LogP contribution in [0, 0.1) is 0 Å².